The molecular weight excluding hydrogens is 225 g/mol. The Morgan fingerprint density at radius 3 is 2.33 bits per heavy atom. The summed E-state index contributed by atoms with van der Waals surface area (Å²) < 4.78 is 10.1. The highest BCUT2D eigenvalue weighted by Gasteiger charge is 2.21. The molecule has 8 heteroatoms. The van der Waals surface area contributed by atoms with E-state index in [1.807, 2.05) is 0 Å². The Morgan fingerprint density at radius 1 is 1.40 bits per heavy atom. The highest BCUT2D eigenvalue weighted by Crippen LogP contribution is 2.00. The molecule has 2 atom stereocenters. The lowest BCUT2D eigenvalue weighted by atomic mass is 10.2. The minimum atomic E-state index is -1.81. The van der Waals surface area contributed by atoms with Crippen LogP contribution in [-0.4, -0.2) is 39.8 Å². The van der Waals surface area contributed by atoms with Crippen molar-refractivity contribution in [3.8, 4) is 0 Å². The van der Waals surface area contributed by atoms with Gasteiger partial charge in [-0.25, -0.2) is 4.79 Å². The van der Waals surface area contributed by atoms with Gasteiger partial charge in [0.2, 0.25) is 19.9 Å². The Morgan fingerprint density at radius 2 is 1.93 bits per heavy atom. The van der Waals surface area contributed by atoms with Gasteiger partial charge in [0.1, 0.15) is 0 Å². The summed E-state index contributed by atoms with van der Waals surface area (Å²) in [6.45, 7) is 1.30. The fourth-order valence-electron chi connectivity index (χ4n) is 0.704. The zero-order valence-electron chi connectivity index (χ0n) is 7.84. The molecule has 0 heterocycles. The van der Waals surface area contributed by atoms with Gasteiger partial charge < -0.3 is 15.5 Å². The molecule has 0 aromatic heterocycles. The first-order valence-electron chi connectivity index (χ1n) is 3.96. The Bertz CT molecular complexity index is 291. The Hall–Kier alpha value is -1.33. The fourth-order valence-corrected chi connectivity index (χ4v) is 0.927. The van der Waals surface area contributed by atoms with Crippen molar-refractivity contribution in [2.24, 2.45) is 0 Å². The first-order valence-corrected chi connectivity index (χ1v) is 4.77. The second-order valence-electron chi connectivity index (χ2n) is 2.78. The van der Waals surface area contributed by atoms with Crippen LogP contribution in [0.25, 0.3) is 0 Å². The van der Waals surface area contributed by atoms with E-state index in [-0.39, 0.29) is 0 Å². The topological polar surface area (TPSA) is 121 Å². The number of aliphatic hydroxyl groups excluding tert-OH is 1. The van der Waals surface area contributed by atoms with Gasteiger partial charge in [0.15, 0.2) is 6.10 Å². The second-order valence-corrected chi connectivity index (χ2v) is 3.40. The average Bonchev–Trinajstić information content (AvgIpc) is 2.15. The molecule has 0 aliphatic heterocycles. The third-order valence-corrected chi connectivity index (χ3v) is 2.07. The molecule has 0 saturated heterocycles. The number of amides is 1. The lowest BCUT2D eigenvalue weighted by molar-refractivity contribution is -0.149. The van der Waals surface area contributed by atoms with Gasteiger partial charge in [-0.15, -0.1) is 0 Å². The maximum Gasteiger partial charge on any atom is 0.333 e. The van der Waals surface area contributed by atoms with E-state index in [2.05, 4.69) is 5.32 Å². The molecule has 0 aliphatic rings. The van der Waals surface area contributed by atoms with E-state index in [0.29, 0.717) is 0 Å². The lowest BCUT2D eigenvalue weighted by Gasteiger charge is -2.10. The number of carbonyl (C=O) groups excluding carboxylic acids is 2. The van der Waals surface area contributed by atoms with Crippen LogP contribution in [0, 0.1) is 0 Å². The minimum Gasteiger partial charge on any atom is -0.479 e. The largest absolute Gasteiger partial charge is 0.479 e. The molecular formula is C7H10NO6P. The maximum atomic E-state index is 11.0. The van der Waals surface area contributed by atoms with Gasteiger partial charge in [-0.3, -0.25) is 14.2 Å². The van der Waals surface area contributed by atoms with Crippen molar-refractivity contribution >= 4 is 25.9 Å². The van der Waals surface area contributed by atoms with Crippen LogP contribution < -0.4 is 5.32 Å². The number of aliphatic carboxylic acids is 1. The number of rotatable bonds is 6. The van der Waals surface area contributed by atoms with Crippen molar-refractivity contribution in [2.45, 2.75) is 25.5 Å². The van der Waals surface area contributed by atoms with Crippen LogP contribution in [0.15, 0.2) is 0 Å². The zero-order chi connectivity index (χ0) is 12.0. The normalized spacial score (nSPS) is 14.3. The number of hydrogen-bond acceptors (Lipinski definition) is 5. The maximum absolute atomic E-state index is 11.0. The molecule has 15 heavy (non-hydrogen) atoms. The molecule has 0 saturated carbocycles. The number of hydrogen-bond donors (Lipinski definition) is 3. The number of nitrogens with one attached hydrogen (secondary N) is 1. The molecule has 0 unspecified atom stereocenters. The molecule has 84 valence electrons. The molecule has 0 radical (unpaired) electrons. The Balaban J connectivity index is 4.09. The molecule has 0 fully saturated rings. The third kappa shape index (κ3) is 5.19. The molecule has 0 aliphatic carbocycles. The Labute approximate surface area is 86.7 Å². The standard InChI is InChI=1S/C7H10NO6P/c1-3(7(13)15-14)8-5(10)2-4(9)6(11)12/h3-4,9H,2H2,1H3,(H,8,10)(H,11,12)/t3-,4-/m0/s1. The number of carboxylic acid groups (broad SMARTS) is 1. The van der Waals surface area contributed by atoms with Crippen molar-refractivity contribution in [1.29, 1.82) is 0 Å². The summed E-state index contributed by atoms with van der Waals surface area (Å²) in [5.41, 5.74) is -0.729. The van der Waals surface area contributed by atoms with Crippen molar-refractivity contribution in [1.82, 2.24) is 5.32 Å². The van der Waals surface area contributed by atoms with Crippen LogP contribution in [0.1, 0.15) is 13.3 Å². The van der Waals surface area contributed by atoms with E-state index in [1.54, 1.807) is 0 Å². The number of carbonyl (C=O) groups is 3. The molecule has 0 bridgehead atoms. The smallest absolute Gasteiger partial charge is 0.333 e. The lowest BCUT2D eigenvalue weighted by Crippen LogP contribution is -2.39. The van der Waals surface area contributed by atoms with Gasteiger partial charge in [-0.05, 0) is 6.92 Å². The minimum absolute atomic E-state index is 0.650. The molecule has 0 aromatic carbocycles. The van der Waals surface area contributed by atoms with Crippen LogP contribution in [0.2, 0.25) is 0 Å². The van der Waals surface area contributed by atoms with Gasteiger partial charge in [-0.2, -0.15) is 0 Å². The molecule has 3 N–H and O–H groups in total. The summed E-state index contributed by atoms with van der Waals surface area (Å²) in [5.74, 6) is -2.32. The van der Waals surface area contributed by atoms with Crippen LogP contribution in [0.3, 0.4) is 0 Å². The first kappa shape index (κ1) is 13.7. The van der Waals surface area contributed by atoms with Crippen molar-refractivity contribution in [3.63, 3.8) is 0 Å². The van der Waals surface area contributed by atoms with E-state index in [4.69, 9.17) is 10.2 Å². The van der Waals surface area contributed by atoms with Gasteiger partial charge in [0.25, 0.3) is 0 Å². The highest BCUT2D eigenvalue weighted by molar-refractivity contribution is 7.46. The quantitative estimate of drug-likeness (QED) is 0.515. The van der Waals surface area contributed by atoms with Crippen LogP contribution in [-0.2, 0) is 18.9 Å². The average molecular weight is 235 g/mol. The monoisotopic (exact) mass is 235 g/mol. The van der Waals surface area contributed by atoms with Gasteiger partial charge >= 0.3 is 5.97 Å². The van der Waals surface area contributed by atoms with E-state index < -0.39 is 44.4 Å². The highest BCUT2D eigenvalue weighted by atomic mass is 31.1. The van der Waals surface area contributed by atoms with E-state index in [9.17, 15) is 18.9 Å². The van der Waals surface area contributed by atoms with E-state index >= 15 is 0 Å². The summed E-state index contributed by atoms with van der Waals surface area (Å²) in [4.78, 5) is 31.9. The van der Waals surface area contributed by atoms with Gasteiger partial charge in [0.05, 0.1) is 12.5 Å². The summed E-state index contributed by atoms with van der Waals surface area (Å²) in [5, 5.41) is 19.2. The van der Waals surface area contributed by atoms with Crippen LogP contribution >= 0.6 is 8.46 Å². The van der Waals surface area contributed by atoms with Crippen LogP contribution in [0.4, 0.5) is 0 Å². The SMILES string of the molecule is C[C@H](NC(=O)C[C@H](O)C(=O)O)C(=O)P=O. The van der Waals surface area contributed by atoms with Crippen molar-refractivity contribution in [2.75, 3.05) is 0 Å². The first-order chi connectivity index (χ1) is 6.88. The van der Waals surface area contributed by atoms with Crippen LogP contribution in [0.5, 0.6) is 0 Å². The predicted octanol–water partition coefficient (Wildman–Crippen LogP) is -0.855. The molecule has 0 aromatic rings. The summed E-state index contributed by atoms with van der Waals surface area (Å²) in [6.07, 6.45) is -2.46. The molecule has 0 rings (SSSR count). The van der Waals surface area contributed by atoms with Crippen molar-refractivity contribution < 1.29 is 29.2 Å². The fraction of sp³-hybridized carbons (Fsp3) is 0.571. The van der Waals surface area contributed by atoms with Gasteiger partial charge in [0, 0.05) is 0 Å². The zero-order valence-corrected chi connectivity index (χ0v) is 8.73. The number of carboxylic acids is 1. The van der Waals surface area contributed by atoms with E-state index in [1.165, 1.54) is 6.92 Å². The molecule has 7 nitrogen and oxygen atoms in total. The summed E-state index contributed by atoms with van der Waals surface area (Å²) in [6, 6.07) is -0.974. The molecule has 0 spiro atoms. The predicted molar refractivity (Wildman–Crippen MR) is 48.5 cm³/mol. The van der Waals surface area contributed by atoms with Gasteiger partial charge in [-0.1, -0.05) is 0 Å². The second kappa shape index (κ2) is 6.21. The summed E-state index contributed by atoms with van der Waals surface area (Å²) >= 11 is 0. The molecule has 1 amide bonds. The Kier molecular flexibility index (Phi) is 5.66. The third-order valence-electron chi connectivity index (χ3n) is 1.50. The van der Waals surface area contributed by atoms with Crippen molar-refractivity contribution in [3.05, 3.63) is 0 Å². The summed E-state index contributed by atoms with van der Waals surface area (Å²) in [7, 11) is -0.731. The van der Waals surface area contributed by atoms with E-state index in [0.717, 1.165) is 0 Å². The number of aliphatic hydroxyl groups is 1.